The molecule has 6 nitrogen and oxygen atoms in total. The lowest BCUT2D eigenvalue weighted by molar-refractivity contribution is -0.385. The van der Waals surface area contributed by atoms with Gasteiger partial charge in [-0.15, -0.1) is 0 Å². The molecule has 0 bridgehead atoms. The molecule has 0 heterocycles. The van der Waals surface area contributed by atoms with E-state index in [-0.39, 0.29) is 18.0 Å². The maximum absolute atomic E-state index is 11.7. The first-order valence-corrected chi connectivity index (χ1v) is 7.19. The summed E-state index contributed by atoms with van der Waals surface area (Å²) in [6, 6.07) is 10.7. The topological polar surface area (TPSA) is 78.7 Å². The van der Waals surface area contributed by atoms with Crippen molar-refractivity contribution in [1.29, 1.82) is 0 Å². The Bertz CT molecular complexity index is 715. The van der Waals surface area contributed by atoms with E-state index in [9.17, 15) is 14.9 Å². The molecule has 0 saturated carbocycles. The average Bonchev–Trinajstić information content (AvgIpc) is 2.52. The highest BCUT2D eigenvalue weighted by Crippen LogP contribution is 2.26. The lowest BCUT2D eigenvalue weighted by Gasteiger charge is -2.09. The predicted octanol–water partition coefficient (Wildman–Crippen LogP) is 4.02. The molecule has 0 amide bonds. The molecular formula is C15H11Cl2NO5. The van der Waals surface area contributed by atoms with Crippen LogP contribution in [0.25, 0.3) is 0 Å². The Hall–Kier alpha value is -2.31. The normalized spacial score (nSPS) is 10.2. The molecule has 0 aliphatic rings. The van der Waals surface area contributed by atoms with Crippen LogP contribution < -0.4 is 4.74 Å². The fourth-order valence-corrected chi connectivity index (χ4v) is 2.24. The van der Waals surface area contributed by atoms with Crippen LogP contribution in [-0.4, -0.2) is 17.5 Å². The molecule has 23 heavy (non-hydrogen) atoms. The Morgan fingerprint density at radius 3 is 2.39 bits per heavy atom. The van der Waals surface area contributed by atoms with Crippen LogP contribution in [0.4, 0.5) is 5.69 Å². The van der Waals surface area contributed by atoms with Crippen molar-refractivity contribution in [2.75, 3.05) is 6.61 Å². The number of nitro benzene ring substituents is 1. The molecule has 0 atom stereocenters. The Balaban J connectivity index is 1.93. The van der Waals surface area contributed by atoms with Gasteiger partial charge in [-0.05, 0) is 18.2 Å². The van der Waals surface area contributed by atoms with E-state index in [4.69, 9.17) is 32.7 Å². The van der Waals surface area contributed by atoms with Crippen molar-refractivity contribution in [2.24, 2.45) is 0 Å². The largest absolute Gasteiger partial charge is 0.475 e. The number of nitro groups is 1. The second-order valence-corrected chi connectivity index (χ2v) is 5.19. The highest BCUT2D eigenvalue weighted by molar-refractivity contribution is 6.35. The van der Waals surface area contributed by atoms with E-state index in [1.54, 1.807) is 24.3 Å². The summed E-state index contributed by atoms with van der Waals surface area (Å²) in [7, 11) is 0. The fraction of sp³-hybridized carbons (Fsp3) is 0.133. The molecule has 0 aliphatic heterocycles. The lowest BCUT2D eigenvalue weighted by Crippen LogP contribution is -2.15. The van der Waals surface area contributed by atoms with Crippen LogP contribution in [-0.2, 0) is 16.1 Å². The standard InChI is InChI=1S/C15H11Cl2NO5/c16-11-4-3-5-12(17)10(11)8-23-15(19)9-22-14-7-2-1-6-13(14)18(20)21/h1-7H,8-9H2. The number of carbonyl (C=O) groups is 1. The van der Waals surface area contributed by atoms with Crippen molar-refractivity contribution in [2.45, 2.75) is 6.61 Å². The maximum Gasteiger partial charge on any atom is 0.344 e. The van der Waals surface area contributed by atoms with Gasteiger partial charge in [0.05, 0.1) is 4.92 Å². The van der Waals surface area contributed by atoms with Crippen LogP contribution in [0.15, 0.2) is 42.5 Å². The van der Waals surface area contributed by atoms with E-state index >= 15 is 0 Å². The number of benzene rings is 2. The summed E-state index contributed by atoms with van der Waals surface area (Å²) in [5.41, 5.74) is 0.254. The number of nitrogens with zero attached hydrogens (tertiary/aromatic N) is 1. The van der Waals surface area contributed by atoms with E-state index in [2.05, 4.69) is 0 Å². The van der Waals surface area contributed by atoms with Crippen molar-refractivity contribution in [3.8, 4) is 5.75 Å². The van der Waals surface area contributed by atoms with Crippen LogP contribution in [0, 0.1) is 10.1 Å². The van der Waals surface area contributed by atoms with Crippen molar-refractivity contribution in [3.63, 3.8) is 0 Å². The van der Waals surface area contributed by atoms with Gasteiger partial charge in [0, 0.05) is 21.7 Å². The van der Waals surface area contributed by atoms with E-state index in [1.165, 1.54) is 18.2 Å². The highest BCUT2D eigenvalue weighted by atomic mass is 35.5. The predicted molar refractivity (Wildman–Crippen MR) is 84.8 cm³/mol. The van der Waals surface area contributed by atoms with Crippen LogP contribution in [0.2, 0.25) is 10.0 Å². The Labute approximate surface area is 141 Å². The molecule has 2 aromatic rings. The quantitative estimate of drug-likeness (QED) is 0.444. The number of hydrogen-bond donors (Lipinski definition) is 0. The zero-order chi connectivity index (χ0) is 16.8. The first-order chi connectivity index (χ1) is 11.0. The number of para-hydroxylation sites is 2. The van der Waals surface area contributed by atoms with Gasteiger partial charge in [0.2, 0.25) is 0 Å². The third-order valence-corrected chi connectivity index (χ3v) is 3.55. The summed E-state index contributed by atoms with van der Waals surface area (Å²) in [6.45, 7) is -0.579. The number of carbonyl (C=O) groups excluding carboxylic acids is 1. The minimum atomic E-state index is -0.695. The molecule has 0 aliphatic carbocycles. The molecule has 8 heteroatoms. The molecule has 0 N–H and O–H groups in total. The van der Waals surface area contributed by atoms with E-state index in [0.717, 1.165) is 0 Å². The minimum absolute atomic E-state index is 0.00905. The van der Waals surface area contributed by atoms with E-state index < -0.39 is 17.5 Å². The molecule has 0 saturated heterocycles. The van der Waals surface area contributed by atoms with Gasteiger partial charge in [0.15, 0.2) is 12.4 Å². The number of ether oxygens (including phenoxy) is 2. The molecule has 0 unspecified atom stereocenters. The summed E-state index contributed by atoms with van der Waals surface area (Å²) in [4.78, 5) is 21.9. The van der Waals surface area contributed by atoms with Gasteiger partial charge in [0.1, 0.15) is 6.61 Å². The summed E-state index contributed by atoms with van der Waals surface area (Å²) in [6.07, 6.45) is 0. The lowest BCUT2D eigenvalue weighted by atomic mass is 10.2. The molecule has 2 rings (SSSR count). The van der Waals surface area contributed by atoms with Crippen LogP contribution in [0.1, 0.15) is 5.56 Å². The summed E-state index contributed by atoms with van der Waals surface area (Å²) < 4.78 is 10.1. The molecule has 2 aromatic carbocycles. The molecule has 0 fully saturated rings. The van der Waals surface area contributed by atoms with Gasteiger partial charge >= 0.3 is 11.7 Å². The van der Waals surface area contributed by atoms with Gasteiger partial charge in [-0.3, -0.25) is 10.1 Å². The smallest absolute Gasteiger partial charge is 0.344 e. The molecule has 0 spiro atoms. The first-order valence-electron chi connectivity index (χ1n) is 6.43. The Morgan fingerprint density at radius 2 is 1.74 bits per heavy atom. The SMILES string of the molecule is O=C(COc1ccccc1[N+](=O)[O-])OCc1c(Cl)cccc1Cl. The van der Waals surface area contributed by atoms with Crippen molar-refractivity contribution >= 4 is 34.9 Å². The van der Waals surface area contributed by atoms with Gasteiger partial charge in [-0.25, -0.2) is 4.79 Å². The van der Waals surface area contributed by atoms with Gasteiger partial charge in [-0.1, -0.05) is 41.4 Å². The van der Waals surface area contributed by atoms with Crippen LogP contribution in [0.5, 0.6) is 5.75 Å². The second kappa shape index (κ2) is 7.80. The summed E-state index contributed by atoms with van der Waals surface area (Å²) in [5.74, 6) is -0.704. The Morgan fingerprint density at radius 1 is 1.09 bits per heavy atom. The van der Waals surface area contributed by atoms with E-state index in [0.29, 0.717) is 15.6 Å². The minimum Gasteiger partial charge on any atom is -0.475 e. The van der Waals surface area contributed by atoms with Crippen LogP contribution >= 0.6 is 23.2 Å². The zero-order valence-corrected chi connectivity index (χ0v) is 13.2. The monoisotopic (exact) mass is 355 g/mol. The molecule has 120 valence electrons. The average molecular weight is 356 g/mol. The maximum atomic E-state index is 11.7. The summed E-state index contributed by atoms with van der Waals surface area (Å²) >= 11 is 11.9. The second-order valence-electron chi connectivity index (χ2n) is 4.37. The van der Waals surface area contributed by atoms with Gasteiger partial charge in [0.25, 0.3) is 0 Å². The van der Waals surface area contributed by atoms with Gasteiger partial charge < -0.3 is 9.47 Å². The van der Waals surface area contributed by atoms with Crippen molar-refractivity contribution in [1.82, 2.24) is 0 Å². The molecule has 0 radical (unpaired) electrons. The number of esters is 1. The zero-order valence-electron chi connectivity index (χ0n) is 11.7. The molecule has 0 aromatic heterocycles. The highest BCUT2D eigenvalue weighted by Gasteiger charge is 2.16. The van der Waals surface area contributed by atoms with Crippen molar-refractivity contribution < 1.29 is 19.2 Å². The Kier molecular flexibility index (Phi) is 5.78. The van der Waals surface area contributed by atoms with Crippen molar-refractivity contribution in [3.05, 3.63) is 68.2 Å². The summed E-state index contributed by atoms with van der Waals surface area (Å²) in [5, 5.41) is 11.6. The third kappa shape index (κ3) is 4.58. The third-order valence-electron chi connectivity index (χ3n) is 2.85. The van der Waals surface area contributed by atoms with Crippen LogP contribution in [0.3, 0.4) is 0 Å². The molecular weight excluding hydrogens is 345 g/mol. The number of halogens is 2. The number of rotatable bonds is 6. The van der Waals surface area contributed by atoms with E-state index in [1.807, 2.05) is 0 Å². The first kappa shape index (κ1) is 17.1. The van der Waals surface area contributed by atoms with Gasteiger partial charge in [-0.2, -0.15) is 0 Å². The number of hydrogen-bond acceptors (Lipinski definition) is 5. The fourth-order valence-electron chi connectivity index (χ4n) is 1.73.